The van der Waals surface area contributed by atoms with Crippen molar-refractivity contribution in [3.63, 3.8) is 0 Å². The highest BCUT2D eigenvalue weighted by Gasteiger charge is 2.03. The first-order chi connectivity index (χ1) is 7.25. The van der Waals surface area contributed by atoms with Gasteiger partial charge in [-0.25, -0.2) is 4.98 Å². The quantitative estimate of drug-likeness (QED) is 0.700. The fourth-order valence-corrected chi connectivity index (χ4v) is 1.26. The van der Waals surface area contributed by atoms with Crippen LogP contribution in [0.1, 0.15) is 25.1 Å². The van der Waals surface area contributed by atoms with E-state index in [0.29, 0.717) is 5.89 Å². The van der Waals surface area contributed by atoms with Crippen molar-refractivity contribution in [2.75, 3.05) is 0 Å². The van der Waals surface area contributed by atoms with Gasteiger partial charge in [-0.1, -0.05) is 31.5 Å². The molecule has 0 spiro atoms. The molecule has 0 unspecified atom stereocenters. The van der Waals surface area contributed by atoms with Gasteiger partial charge < -0.3 is 4.42 Å². The first-order valence-corrected chi connectivity index (χ1v) is 5.25. The molecule has 1 aromatic carbocycles. The van der Waals surface area contributed by atoms with Crippen molar-refractivity contribution in [3.05, 3.63) is 41.8 Å². The third kappa shape index (κ3) is 2.94. The molecule has 80 valence electrons. The smallest absolute Gasteiger partial charge is 0.226 e. The van der Waals surface area contributed by atoms with Crippen LogP contribution in [-0.2, 0) is 0 Å². The second-order valence-electron chi connectivity index (χ2n) is 3.16. The highest BCUT2D eigenvalue weighted by molar-refractivity contribution is 5.54. The van der Waals surface area contributed by atoms with Crippen LogP contribution >= 0.6 is 0 Å². The third-order valence-electron chi connectivity index (χ3n) is 1.88. The maximum absolute atomic E-state index is 5.29. The molecule has 15 heavy (non-hydrogen) atoms. The van der Waals surface area contributed by atoms with E-state index in [0.717, 1.165) is 11.3 Å². The summed E-state index contributed by atoms with van der Waals surface area (Å²) in [6, 6.07) is 8.12. The van der Waals surface area contributed by atoms with Crippen LogP contribution in [0.3, 0.4) is 0 Å². The Bertz CT molecular complexity index is 418. The van der Waals surface area contributed by atoms with E-state index in [1.165, 1.54) is 5.56 Å². The van der Waals surface area contributed by atoms with E-state index in [1.807, 2.05) is 32.9 Å². The Balaban J connectivity index is 0.000000531. The first kappa shape index (κ1) is 11.5. The van der Waals surface area contributed by atoms with E-state index in [2.05, 4.69) is 24.0 Å². The van der Waals surface area contributed by atoms with Gasteiger partial charge in [0.15, 0.2) is 0 Å². The number of aryl methyl sites for hydroxylation is 2. The molecule has 0 atom stereocenters. The van der Waals surface area contributed by atoms with Crippen LogP contribution in [0, 0.1) is 13.8 Å². The van der Waals surface area contributed by atoms with Gasteiger partial charge in [0.2, 0.25) is 5.89 Å². The van der Waals surface area contributed by atoms with Crippen molar-refractivity contribution in [2.24, 2.45) is 0 Å². The maximum Gasteiger partial charge on any atom is 0.226 e. The number of aromatic nitrogens is 1. The molecule has 1 heterocycles. The Kier molecular flexibility index (Phi) is 4.10. The molecule has 0 aliphatic heterocycles. The average Bonchev–Trinajstić information content (AvgIpc) is 2.68. The zero-order valence-electron chi connectivity index (χ0n) is 9.74. The molecular weight excluding hydrogens is 186 g/mol. The Labute approximate surface area is 91.0 Å². The molecule has 0 saturated carbocycles. The second kappa shape index (κ2) is 5.35. The Morgan fingerprint density at radius 3 is 2.40 bits per heavy atom. The highest BCUT2D eigenvalue weighted by atomic mass is 16.3. The number of hydrogen-bond acceptors (Lipinski definition) is 2. The monoisotopic (exact) mass is 203 g/mol. The number of hydrogen-bond donors (Lipinski definition) is 0. The Morgan fingerprint density at radius 2 is 1.87 bits per heavy atom. The van der Waals surface area contributed by atoms with Crippen molar-refractivity contribution in [2.45, 2.75) is 27.7 Å². The fraction of sp³-hybridized carbons (Fsp3) is 0.308. The van der Waals surface area contributed by atoms with E-state index < -0.39 is 0 Å². The largest absolute Gasteiger partial charge is 0.444 e. The summed E-state index contributed by atoms with van der Waals surface area (Å²) in [4.78, 5) is 4.26. The molecular formula is C13H17NO. The predicted octanol–water partition coefficient (Wildman–Crippen LogP) is 3.98. The van der Waals surface area contributed by atoms with Crippen LogP contribution in [0.4, 0.5) is 0 Å². The average molecular weight is 203 g/mol. The lowest BCUT2D eigenvalue weighted by Gasteiger charge is -1.95. The molecule has 0 amide bonds. The van der Waals surface area contributed by atoms with Gasteiger partial charge in [0, 0.05) is 5.56 Å². The molecule has 2 nitrogen and oxygen atoms in total. The molecule has 2 aromatic rings. The second-order valence-corrected chi connectivity index (χ2v) is 3.16. The molecule has 0 aliphatic rings. The van der Waals surface area contributed by atoms with Crippen LogP contribution < -0.4 is 0 Å². The van der Waals surface area contributed by atoms with Gasteiger partial charge in [-0.3, -0.25) is 0 Å². The lowest BCUT2D eigenvalue weighted by Crippen LogP contribution is -1.79. The lowest BCUT2D eigenvalue weighted by atomic mass is 10.1. The summed E-state index contributed by atoms with van der Waals surface area (Å²) in [5.74, 6) is 0.696. The van der Waals surface area contributed by atoms with Crippen molar-refractivity contribution in [3.8, 4) is 11.5 Å². The Hall–Kier alpha value is -1.57. The predicted molar refractivity (Wildman–Crippen MR) is 62.8 cm³/mol. The first-order valence-electron chi connectivity index (χ1n) is 5.25. The zero-order chi connectivity index (χ0) is 11.3. The van der Waals surface area contributed by atoms with Crippen LogP contribution in [-0.4, -0.2) is 4.98 Å². The minimum absolute atomic E-state index is 0.696. The molecule has 0 radical (unpaired) electrons. The van der Waals surface area contributed by atoms with E-state index in [1.54, 1.807) is 6.26 Å². The van der Waals surface area contributed by atoms with Gasteiger partial charge in [0.25, 0.3) is 0 Å². The normalized spacial score (nSPS) is 9.33. The van der Waals surface area contributed by atoms with Crippen LogP contribution in [0.25, 0.3) is 11.5 Å². The highest BCUT2D eigenvalue weighted by Crippen LogP contribution is 2.18. The Morgan fingerprint density at radius 1 is 1.13 bits per heavy atom. The van der Waals surface area contributed by atoms with Gasteiger partial charge in [-0.15, -0.1) is 0 Å². The van der Waals surface area contributed by atoms with E-state index in [9.17, 15) is 0 Å². The SMILES string of the molecule is CC.Cc1cccc(-c2nc(C)co2)c1. The van der Waals surface area contributed by atoms with Crippen molar-refractivity contribution in [1.29, 1.82) is 0 Å². The molecule has 0 saturated heterocycles. The number of benzene rings is 1. The minimum atomic E-state index is 0.696. The standard InChI is InChI=1S/C11H11NO.C2H6/c1-8-4-3-5-10(6-8)11-12-9(2)7-13-11;1-2/h3-7H,1-2H3;1-2H3. The lowest BCUT2D eigenvalue weighted by molar-refractivity contribution is 0.573. The van der Waals surface area contributed by atoms with Crippen molar-refractivity contribution < 1.29 is 4.42 Å². The molecule has 0 fully saturated rings. The van der Waals surface area contributed by atoms with E-state index in [-0.39, 0.29) is 0 Å². The van der Waals surface area contributed by atoms with E-state index >= 15 is 0 Å². The number of nitrogens with zero attached hydrogens (tertiary/aromatic N) is 1. The summed E-state index contributed by atoms with van der Waals surface area (Å²) in [7, 11) is 0. The van der Waals surface area contributed by atoms with Crippen molar-refractivity contribution >= 4 is 0 Å². The summed E-state index contributed by atoms with van der Waals surface area (Å²) in [6.07, 6.45) is 1.66. The number of rotatable bonds is 1. The third-order valence-corrected chi connectivity index (χ3v) is 1.88. The summed E-state index contributed by atoms with van der Waals surface area (Å²) >= 11 is 0. The van der Waals surface area contributed by atoms with Gasteiger partial charge in [-0.2, -0.15) is 0 Å². The molecule has 1 aromatic heterocycles. The van der Waals surface area contributed by atoms with Crippen LogP contribution in [0.2, 0.25) is 0 Å². The van der Waals surface area contributed by atoms with Gasteiger partial charge in [-0.05, 0) is 26.0 Å². The van der Waals surface area contributed by atoms with Crippen LogP contribution in [0.15, 0.2) is 34.9 Å². The molecule has 0 N–H and O–H groups in total. The van der Waals surface area contributed by atoms with Crippen molar-refractivity contribution in [1.82, 2.24) is 4.98 Å². The zero-order valence-corrected chi connectivity index (χ0v) is 9.74. The summed E-state index contributed by atoms with van der Waals surface area (Å²) in [5.41, 5.74) is 3.16. The molecule has 2 rings (SSSR count). The molecule has 0 aliphatic carbocycles. The topological polar surface area (TPSA) is 26.0 Å². The van der Waals surface area contributed by atoms with E-state index in [4.69, 9.17) is 4.42 Å². The number of oxazole rings is 1. The van der Waals surface area contributed by atoms with Gasteiger partial charge in [0.1, 0.15) is 6.26 Å². The molecule has 2 heteroatoms. The summed E-state index contributed by atoms with van der Waals surface area (Å²) < 4.78 is 5.29. The van der Waals surface area contributed by atoms with Gasteiger partial charge >= 0.3 is 0 Å². The maximum atomic E-state index is 5.29. The van der Waals surface area contributed by atoms with Gasteiger partial charge in [0.05, 0.1) is 5.69 Å². The summed E-state index contributed by atoms with van der Waals surface area (Å²) in [5, 5.41) is 0. The fourth-order valence-electron chi connectivity index (χ4n) is 1.26. The summed E-state index contributed by atoms with van der Waals surface area (Å²) in [6.45, 7) is 7.97. The molecule has 0 bridgehead atoms. The van der Waals surface area contributed by atoms with Crippen LogP contribution in [0.5, 0.6) is 0 Å². The minimum Gasteiger partial charge on any atom is -0.444 e.